The van der Waals surface area contributed by atoms with E-state index in [-0.39, 0.29) is 0 Å². The number of nitrogens with one attached hydrogen (secondary N) is 1. The zero-order valence-electron chi connectivity index (χ0n) is 7.15. The van der Waals surface area contributed by atoms with Gasteiger partial charge in [-0.2, -0.15) is 0 Å². The van der Waals surface area contributed by atoms with Crippen LogP contribution in [0.3, 0.4) is 0 Å². The Morgan fingerprint density at radius 3 is 2.71 bits per heavy atom. The maximum absolute atomic E-state index is 11.3. The van der Waals surface area contributed by atoms with Crippen molar-refractivity contribution in [2.75, 3.05) is 5.32 Å². The van der Waals surface area contributed by atoms with Crippen molar-refractivity contribution in [1.29, 1.82) is 0 Å². The van der Waals surface area contributed by atoms with Crippen LogP contribution < -0.4 is 5.32 Å². The first-order valence-corrected chi connectivity index (χ1v) is 5.03. The quantitative estimate of drug-likeness (QED) is 0.739. The van der Waals surface area contributed by atoms with Gasteiger partial charge in [0.25, 0.3) is 11.7 Å². The van der Waals surface area contributed by atoms with E-state index in [1.807, 2.05) is 6.92 Å². The number of Topliss-reactive ketones (excluding diaryl/α,β-unsaturated/α-hetero) is 1. The van der Waals surface area contributed by atoms with Crippen LogP contribution >= 0.6 is 27.5 Å². The summed E-state index contributed by atoms with van der Waals surface area (Å²) >= 11 is 9.17. The lowest BCUT2D eigenvalue weighted by molar-refractivity contribution is -0.112. The molecule has 14 heavy (non-hydrogen) atoms. The van der Waals surface area contributed by atoms with E-state index in [9.17, 15) is 9.59 Å². The SMILES string of the molecule is Cc1c(Cl)cc2c(c1Br)NC(=O)C2=O. The molecule has 2 rings (SSSR count). The minimum absolute atomic E-state index is 0.331. The third kappa shape index (κ3) is 1.18. The number of rotatable bonds is 0. The molecule has 0 saturated carbocycles. The highest BCUT2D eigenvalue weighted by Crippen LogP contribution is 2.37. The van der Waals surface area contributed by atoms with Gasteiger partial charge in [-0.1, -0.05) is 11.6 Å². The second-order valence-corrected chi connectivity index (χ2v) is 4.20. The molecule has 1 amide bonds. The van der Waals surface area contributed by atoms with Crippen LogP contribution in [-0.4, -0.2) is 11.7 Å². The minimum Gasteiger partial charge on any atom is -0.317 e. The molecule has 0 aromatic heterocycles. The lowest BCUT2D eigenvalue weighted by atomic mass is 10.1. The lowest BCUT2D eigenvalue weighted by Gasteiger charge is -2.06. The van der Waals surface area contributed by atoms with Gasteiger partial charge >= 0.3 is 0 Å². The summed E-state index contributed by atoms with van der Waals surface area (Å²) in [7, 11) is 0. The van der Waals surface area contributed by atoms with Crippen LogP contribution in [0.5, 0.6) is 0 Å². The van der Waals surface area contributed by atoms with Gasteiger partial charge in [-0.25, -0.2) is 0 Å². The molecule has 1 N–H and O–H groups in total. The lowest BCUT2D eigenvalue weighted by Crippen LogP contribution is -2.12. The maximum Gasteiger partial charge on any atom is 0.296 e. The van der Waals surface area contributed by atoms with Crippen LogP contribution in [0.15, 0.2) is 10.5 Å². The number of halogens is 2. The van der Waals surface area contributed by atoms with Crippen molar-refractivity contribution >= 4 is 44.9 Å². The zero-order chi connectivity index (χ0) is 10.5. The Kier molecular flexibility index (Phi) is 2.12. The van der Waals surface area contributed by atoms with E-state index >= 15 is 0 Å². The number of hydrogen-bond donors (Lipinski definition) is 1. The molecule has 3 nitrogen and oxygen atoms in total. The molecule has 0 radical (unpaired) electrons. The monoisotopic (exact) mass is 273 g/mol. The maximum atomic E-state index is 11.3. The summed E-state index contributed by atoms with van der Waals surface area (Å²) < 4.78 is 0.666. The number of benzene rings is 1. The molecule has 1 aliphatic heterocycles. The predicted octanol–water partition coefficient (Wildman–Crippen LogP) is 2.55. The second kappa shape index (κ2) is 3.07. The zero-order valence-corrected chi connectivity index (χ0v) is 9.49. The molecular weight excluding hydrogens is 269 g/mol. The molecule has 0 saturated heterocycles. The Balaban J connectivity index is 2.76. The fourth-order valence-corrected chi connectivity index (χ4v) is 2.16. The van der Waals surface area contributed by atoms with Crippen LogP contribution in [0.2, 0.25) is 5.02 Å². The molecule has 1 aromatic rings. The standard InChI is InChI=1S/C9H5BrClNO2/c1-3-5(11)2-4-7(6(3)10)12-9(14)8(4)13/h2H,1H3,(H,12,13,14). The van der Waals surface area contributed by atoms with Crippen LogP contribution in [0.4, 0.5) is 5.69 Å². The van der Waals surface area contributed by atoms with Crippen molar-refractivity contribution in [3.63, 3.8) is 0 Å². The molecule has 0 spiro atoms. The van der Waals surface area contributed by atoms with E-state index in [2.05, 4.69) is 21.2 Å². The van der Waals surface area contributed by atoms with Gasteiger partial charge in [0.1, 0.15) is 0 Å². The average Bonchev–Trinajstić information content (AvgIpc) is 2.42. The number of ketones is 1. The average molecular weight is 275 g/mol. The highest BCUT2D eigenvalue weighted by atomic mass is 79.9. The Labute approximate surface area is 93.6 Å². The van der Waals surface area contributed by atoms with E-state index in [1.165, 1.54) is 6.07 Å². The summed E-state index contributed by atoms with van der Waals surface area (Å²) in [5.74, 6) is -1.15. The van der Waals surface area contributed by atoms with E-state index < -0.39 is 11.7 Å². The van der Waals surface area contributed by atoms with Gasteiger partial charge in [0.05, 0.1) is 11.3 Å². The Morgan fingerprint density at radius 1 is 1.43 bits per heavy atom. The molecule has 0 unspecified atom stereocenters. The van der Waals surface area contributed by atoms with Crippen LogP contribution in [0, 0.1) is 6.92 Å². The first-order valence-electron chi connectivity index (χ1n) is 3.86. The first-order chi connectivity index (χ1) is 6.52. The van der Waals surface area contributed by atoms with Crippen molar-refractivity contribution < 1.29 is 9.59 Å². The summed E-state index contributed by atoms with van der Waals surface area (Å²) in [5.41, 5.74) is 1.65. The fourth-order valence-electron chi connectivity index (χ4n) is 1.31. The number of carbonyl (C=O) groups is 2. The van der Waals surface area contributed by atoms with E-state index in [0.717, 1.165) is 5.56 Å². The molecular formula is C9H5BrClNO2. The summed E-state index contributed by atoms with van der Waals surface area (Å²) in [5, 5.41) is 2.96. The van der Waals surface area contributed by atoms with Crippen LogP contribution in [0.1, 0.15) is 15.9 Å². The van der Waals surface area contributed by atoms with E-state index in [4.69, 9.17) is 11.6 Å². The number of amides is 1. The molecule has 72 valence electrons. The predicted molar refractivity (Wildman–Crippen MR) is 56.8 cm³/mol. The number of anilines is 1. The van der Waals surface area contributed by atoms with Crippen molar-refractivity contribution in [2.24, 2.45) is 0 Å². The molecule has 0 bridgehead atoms. The summed E-state index contributed by atoms with van der Waals surface area (Å²) in [6, 6.07) is 1.51. The molecule has 1 aromatic carbocycles. The molecule has 1 aliphatic rings. The van der Waals surface area contributed by atoms with Crippen molar-refractivity contribution in [3.8, 4) is 0 Å². The van der Waals surface area contributed by atoms with Crippen molar-refractivity contribution in [2.45, 2.75) is 6.92 Å². The molecule has 0 aliphatic carbocycles. The fraction of sp³-hybridized carbons (Fsp3) is 0.111. The minimum atomic E-state index is -0.609. The molecule has 5 heteroatoms. The van der Waals surface area contributed by atoms with E-state index in [0.29, 0.717) is 20.7 Å². The summed E-state index contributed by atoms with van der Waals surface area (Å²) in [4.78, 5) is 22.4. The highest BCUT2D eigenvalue weighted by Gasteiger charge is 2.31. The van der Waals surface area contributed by atoms with E-state index in [1.54, 1.807) is 0 Å². The first kappa shape index (κ1) is 9.68. The van der Waals surface area contributed by atoms with Gasteiger partial charge in [-0.15, -0.1) is 0 Å². The summed E-state index contributed by atoms with van der Waals surface area (Å²) in [6.07, 6.45) is 0. The summed E-state index contributed by atoms with van der Waals surface area (Å²) in [6.45, 7) is 1.81. The number of carbonyl (C=O) groups excluding carboxylic acids is 2. The Morgan fingerprint density at radius 2 is 2.07 bits per heavy atom. The Bertz CT molecular complexity index is 470. The number of hydrogen-bond acceptors (Lipinski definition) is 2. The van der Waals surface area contributed by atoms with Crippen LogP contribution in [-0.2, 0) is 4.79 Å². The van der Waals surface area contributed by atoms with Gasteiger partial charge < -0.3 is 5.32 Å². The molecule has 0 atom stereocenters. The van der Waals surface area contributed by atoms with Crippen LogP contribution in [0.25, 0.3) is 0 Å². The van der Waals surface area contributed by atoms with Crippen molar-refractivity contribution in [3.05, 3.63) is 26.7 Å². The number of fused-ring (bicyclic) bond motifs is 1. The second-order valence-electron chi connectivity index (χ2n) is 3.00. The van der Waals surface area contributed by atoms with Gasteiger partial charge in [0.15, 0.2) is 0 Å². The molecule has 0 fully saturated rings. The highest BCUT2D eigenvalue weighted by molar-refractivity contribution is 9.10. The molecule has 1 heterocycles. The Hall–Kier alpha value is -0.870. The van der Waals surface area contributed by atoms with Crippen molar-refractivity contribution in [1.82, 2.24) is 0 Å². The normalized spacial score (nSPS) is 14.2. The van der Waals surface area contributed by atoms with Gasteiger partial charge in [-0.05, 0) is 34.5 Å². The van der Waals surface area contributed by atoms with Gasteiger partial charge in [0, 0.05) is 9.50 Å². The van der Waals surface area contributed by atoms with Gasteiger partial charge in [-0.3, -0.25) is 9.59 Å². The largest absolute Gasteiger partial charge is 0.317 e. The third-order valence-electron chi connectivity index (χ3n) is 2.14. The third-order valence-corrected chi connectivity index (χ3v) is 3.52. The van der Waals surface area contributed by atoms with Gasteiger partial charge in [0.2, 0.25) is 0 Å². The topological polar surface area (TPSA) is 46.2 Å². The smallest absolute Gasteiger partial charge is 0.296 e.